The predicted octanol–water partition coefficient (Wildman–Crippen LogP) is 2.60. The van der Waals surface area contributed by atoms with Crippen molar-refractivity contribution in [2.45, 2.75) is 11.7 Å². The minimum Gasteiger partial charge on any atom is -0.497 e. The molecule has 5 rings (SSSR count). The number of aromatic nitrogens is 6. The van der Waals surface area contributed by atoms with E-state index >= 15 is 0 Å². The fourth-order valence-electron chi connectivity index (χ4n) is 3.52. The molecule has 9 nitrogen and oxygen atoms in total. The van der Waals surface area contributed by atoms with Gasteiger partial charge in [0.2, 0.25) is 11.1 Å². The van der Waals surface area contributed by atoms with E-state index in [1.807, 2.05) is 30.5 Å². The molecule has 5 aromatic rings. The maximum absolute atomic E-state index is 13.2. The Morgan fingerprint density at radius 2 is 1.69 bits per heavy atom. The van der Waals surface area contributed by atoms with E-state index in [4.69, 9.17) is 4.74 Å². The first-order valence-corrected chi connectivity index (χ1v) is 10.9. The number of ether oxygens (including phenoxy) is 1. The summed E-state index contributed by atoms with van der Waals surface area (Å²) in [6.45, 7) is 0.394. The topological polar surface area (TPSA) is 108 Å². The van der Waals surface area contributed by atoms with Crippen LogP contribution in [-0.2, 0) is 6.54 Å². The molecule has 0 bridgehead atoms. The van der Waals surface area contributed by atoms with Gasteiger partial charge in [0.15, 0.2) is 0 Å². The molecule has 0 fully saturated rings. The highest BCUT2D eigenvalue weighted by Crippen LogP contribution is 2.17. The van der Waals surface area contributed by atoms with Gasteiger partial charge in [0.1, 0.15) is 5.75 Å². The van der Waals surface area contributed by atoms with E-state index in [-0.39, 0.29) is 11.1 Å². The number of thioether (sulfide) groups is 1. The first kappa shape index (κ1) is 20.0. The normalized spacial score (nSPS) is 11.3. The number of nitrogens with zero attached hydrogens (tertiary/aromatic N) is 5. The molecule has 4 aromatic heterocycles. The Labute approximate surface area is 185 Å². The minimum absolute atomic E-state index is 0.216. The summed E-state index contributed by atoms with van der Waals surface area (Å²) in [6.07, 6.45) is 5.16. The summed E-state index contributed by atoms with van der Waals surface area (Å²) in [4.78, 5) is 35.1. The SMILES string of the molecule is COc1ccc(Cn2ccc3nc4ccn(-c5nc(SC)n[nH]5)c(=O)c4cc3c2=O)cc1. The van der Waals surface area contributed by atoms with Gasteiger partial charge in [-0.3, -0.25) is 14.2 Å². The molecule has 0 aliphatic rings. The molecule has 0 unspecified atom stereocenters. The van der Waals surface area contributed by atoms with Crippen molar-refractivity contribution in [3.8, 4) is 11.7 Å². The van der Waals surface area contributed by atoms with Crippen LogP contribution in [-0.4, -0.2) is 42.7 Å². The molecular weight excluding hydrogens is 428 g/mol. The zero-order valence-corrected chi connectivity index (χ0v) is 18.1. The van der Waals surface area contributed by atoms with Crippen molar-refractivity contribution < 1.29 is 4.74 Å². The Balaban J connectivity index is 1.61. The molecule has 0 radical (unpaired) electrons. The lowest BCUT2D eigenvalue weighted by atomic mass is 10.1. The third-order valence-corrected chi connectivity index (χ3v) is 5.74. The molecule has 0 aliphatic heterocycles. The Kier molecular flexibility index (Phi) is 4.98. The number of hydrogen-bond acceptors (Lipinski definition) is 7. The van der Waals surface area contributed by atoms with E-state index in [9.17, 15) is 9.59 Å². The average Bonchev–Trinajstić information content (AvgIpc) is 3.30. The lowest BCUT2D eigenvalue weighted by molar-refractivity contribution is 0.414. The van der Waals surface area contributed by atoms with E-state index in [0.717, 1.165) is 11.3 Å². The summed E-state index contributed by atoms with van der Waals surface area (Å²) < 4.78 is 8.14. The average molecular weight is 446 g/mol. The van der Waals surface area contributed by atoms with Crippen LogP contribution in [0.3, 0.4) is 0 Å². The van der Waals surface area contributed by atoms with Crippen molar-refractivity contribution in [1.29, 1.82) is 0 Å². The van der Waals surface area contributed by atoms with Crippen LogP contribution in [0.4, 0.5) is 0 Å². The van der Waals surface area contributed by atoms with Crippen LogP contribution in [0.5, 0.6) is 5.75 Å². The number of nitrogens with one attached hydrogen (secondary N) is 1. The first-order valence-electron chi connectivity index (χ1n) is 9.72. The van der Waals surface area contributed by atoms with Gasteiger partial charge < -0.3 is 9.30 Å². The summed E-state index contributed by atoms with van der Waals surface area (Å²) in [5.41, 5.74) is 1.46. The lowest BCUT2D eigenvalue weighted by Gasteiger charge is -2.09. The second-order valence-electron chi connectivity index (χ2n) is 7.09. The second-order valence-corrected chi connectivity index (χ2v) is 7.86. The van der Waals surface area contributed by atoms with Crippen molar-refractivity contribution in [3.05, 3.63) is 81.1 Å². The molecule has 0 saturated carbocycles. The van der Waals surface area contributed by atoms with Crippen LogP contribution in [0.25, 0.3) is 27.8 Å². The molecule has 0 amide bonds. The molecule has 1 N–H and O–H groups in total. The Bertz CT molecular complexity index is 1570. The molecule has 0 spiro atoms. The zero-order valence-electron chi connectivity index (χ0n) is 17.3. The maximum atomic E-state index is 13.2. The van der Waals surface area contributed by atoms with Crippen LogP contribution in [0, 0.1) is 0 Å². The number of methoxy groups -OCH3 is 1. The van der Waals surface area contributed by atoms with E-state index in [2.05, 4.69) is 20.2 Å². The smallest absolute Gasteiger partial charge is 0.266 e. The fourth-order valence-corrected chi connectivity index (χ4v) is 3.84. The van der Waals surface area contributed by atoms with Gasteiger partial charge >= 0.3 is 0 Å². The lowest BCUT2D eigenvalue weighted by Crippen LogP contribution is -2.22. The number of hydrogen-bond donors (Lipinski definition) is 1. The fraction of sp³-hybridized carbons (Fsp3) is 0.136. The van der Waals surface area contributed by atoms with E-state index < -0.39 is 0 Å². The largest absolute Gasteiger partial charge is 0.497 e. The zero-order chi connectivity index (χ0) is 22.2. The Hall–Kier alpha value is -3.92. The van der Waals surface area contributed by atoms with Crippen LogP contribution < -0.4 is 15.9 Å². The van der Waals surface area contributed by atoms with Gasteiger partial charge in [-0.25, -0.2) is 10.1 Å². The Morgan fingerprint density at radius 3 is 2.38 bits per heavy atom. The first-order chi connectivity index (χ1) is 15.6. The van der Waals surface area contributed by atoms with Gasteiger partial charge in [0, 0.05) is 12.4 Å². The number of aromatic amines is 1. The van der Waals surface area contributed by atoms with Gasteiger partial charge in [0.25, 0.3) is 11.1 Å². The highest BCUT2D eigenvalue weighted by Gasteiger charge is 2.13. The van der Waals surface area contributed by atoms with E-state index in [1.165, 1.54) is 16.3 Å². The molecule has 0 aliphatic carbocycles. The van der Waals surface area contributed by atoms with Gasteiger partial charge in [0.05, 0.1) is 35.5 Å². The number of fused-ring (bicyclic) bond motifs is 2. The van der Waals surface area contributed by atoms with Gasteiger partial charge in [-0.05, 0) is 42.2 Å². The van der Waals surface area contributed by atoms with E-state index in [1.54, 1.807) is 42.3 Å². The number of pyridine rings is 3. The van der Waals surface area contributed by atoms with Crippen LogP contribution in [0.2, 0.25) is 0 Å². The third kappa shape index (κ3) is 3.44. The molecule has 32 heavy (non-hydrogen) atoms. The van der Waals surface area contributed by atoms with Gasteiger partial charge in [-0.1, -0.05) is 23.9 Å². The summed E-state index contributed by atoms with van der Waals surface area (Å²) in [6, 6.07) is 12.6. The standard InChI is InChI=1S/C22H18N6O3S/c1-31-14-5-3-13(4-6-14)12-27-9-7-17-15(19(27)29)11-16-18(23-17)8-10-28(20(16)30)21-24-22(32-2)26-25-21/h3-11H,12H2,1-2H3,(H,24,25,26). The highest BCUT2D eigenvalue weighted by atomic mass is 32.2. The predicted molar refractivity (Wildman–Crippen MR) is 123 cm³/mol. The molecular formula is C22H18N6O3S. The molecule has 10 heteroatoms. The molecule has 1 aromatic carbocycles. The quantitative estimate of drug-likeness (QED) is 0.327. The van der Waals surface area contributed by atoms with Crippen molar-refractivity contribution in [2.24, 2.45) is 0 Å². The van der Waals surface area contributed by atoms with Crippen LogP contribution >= 0.6 is 11.8 Å². The second kappa shape index (κ2) is 7.97. The van der Waals surface area contributed by atoms with Crippen molar-refractivity contribution in [1.82, 2.24) is 29.3 Å². The minimum atomic E-state index is -0.328. The van der Waals surface area contributed by atoms with Crippen molar-refractivity contribution in [2.75, 3.05) is 13.4 Å². The van der Waals surface area contributed by atoms with Crippen LogP contribution in [0.1, 0.15) is 5.56 Å². The molecule has 0 saturated heterocycles. The summed E-state index contributed by atoms with van der Waals surface area (Å²) in [7, 11) is 1.61. The molecule has 0 atom stereocenters. The van der Waals surface area contributed by atoms with Gasteiger partial charge in [-0.15, -0.1) is 5.10 Å². The number of H-pyrrole nitrogens is 1. The number of benzene rings is 1. The monoisotopic (exact) mass is 446 g/mol. The summed E-state index contributed by atoms with van der Waals surface area (Å²) >= 11 is 1.37. The third-order valence-electron chi connectivity index (χ3n) is 5.19. The van der Waals surface area contributed by atoms with Crippen molar-refractivity contribution >= 4 is 33.6 Å². The summed E-state index contributed by atoms with van der Waals surface area (Å²) in [5.74, 6) is 1.06. The highest BCUT2D eigenvalue weighted by molar-refractivity contribution is 7.98. The number of rotatable bonds is 5. The Morgan fingerprint density at radius 1 is 0.969 bits per heavy atom. The van der Waals surface area contributed by atoms with Crippen LogP contribution in [0.15, 0.2) is 69.6 Å². The van der Waals surface area contributed by atoms with Gasteiger partial charge in [-0.2, -0.15) is 4.98 Å². The van der Waals surface area contributed by atoms with E-state index in [0.29, 0.717) is 39.5 Å². The maximum Gasteiger partial charge on any atom is 0.266 e. The summed E-state index contributed by atoms with van der Waals surface area (Å²) in [5, 5.41) is 8.05. The van der Waals surface area contributed by atoms with Crippen molar-refractivity contribution in [3.63, 3.8) is 0 Å². The molecule has 4 heterocycles. The molecule has 160 valence electrons.